The van der Waals surface area contributed by atoms with E-state index in [1.807, 2.05) is 30.1 Å². The van der Waals surface area contributed by atoms with Crippen LogP contribution >= 0.6 is 0 Å². The van der Waals surface area contributed by atoms with Gasteiger partial charge in [-0.05, 0) is 54.7 Å². The Morgan fingerprint density at radius 3 is 2.50 bits per heavy atom. The van der Waals surface area contributed by atoms with Crippen LogP contribution in [0.3, 0.4) is 0 Å². The number of amides is 1. The third-order valence-corrected chi connectivity index (χ3v) is 7.96. The second-order valence-electron chi connectivity index (χ2n) is 7.61. The number of likely N-dealkylation sites (tertiary alicyclic amines) is 1. The summed E-state index contributed by atoms with van der Waals surface area (Å²) < 4.78 is 25.8. The summed E-state index contributed by atoms with van der Waals surface area (Å²) in [5.74, 6) is 0.208. The highest BCUT2D eigenvalue weighted by Gasteiger charge is 2.46. The van der Waals surface area contributed by atoms with Crippen molar-refractivity contribution in [2.45, 2.75) is 53.9 Å². The number of hydrogen-bond acceptors (Lipinski definition) is 3. The van der Waals surface area contributed by atoms with Gasteiger partial charge in [-0.25, -0.2) is 8.42 Å². The zero-order chi connectivity index (χ0) is 18.5. The molecule has 2 aromatic carbocycles. The van der Waals surface area contributed by atoms with E-state index in [9.17, 15) is 13.2 Å². The van der Waals surface area contributed by atoms with Crippen molar-refractivity contribution < 1.29 is 13.2 Å². The molecule has 1 fully saturated rings. The fourth-order valence-electron chi connectivity index (χ4n) is 4.67. The summed E-state index contributed by atoms with van der Waals surface area (Å²) in [5.41, 5.74) is 2.19. The van der Waals surface area contributed by atoms with Crippen molar-refractivity contribution in [2.24, 2.45) is 0 Å². The molecule has 2 aromatic rings. The second kappa shape index (κ2) is 5.95. The molecule has 2 aliphatic rings. The number of likely N-dealkylation sites (N-methyl/N-ethyl adjacent to an activating group) is 1. The summed E-state index contributed by atoms with van der Waals surface area (Å²) in [5, 5.41) is 0. The number of benzene rings is 2. The third-order valence-electron chi connectivity index (χ3n) is 6.20. The minimum absolute atomic E-state index is 0.106. The smallest absolute Gasteiger partial charge is 0.222 e. The van der Waals surface area contributed by atoms with E-state index >= 15 is 0 Å². The lowest BCUT2D eigenvalue weighted by atomic mass is 9.63. The topological polar surface area (TPSA) is 54.5 Å². The van der Waals surface area contributed by atoms with Gasteiger partial charge < -0.3 is 4.90 Å². The number of fused-ring (bicyclic) bond motifs is 3. The number of nitrogens with zero attached hydrogens (tertiary/aromatic N) is 1. The van der Waals surface area contributed by atoms with Gasteiger partial charge in [0.15, 0.2) is 0 Å². The molecule has 0 unspecified atom stereocenters. The Morgan fingerprint density at radius 1 is 1.04 bits per heavy atom. The van der Waals surface area contributed by atoms with Crippen LogP contribution in [0, 0.1) is 0 Å². The molecule has 0 spiro atoms. The SMILES string of the molecule is CN1C(=O)CC[C@]2(C)c3ccc(S(=O)(=O)c4ccccc4)cc3CC[C@@H]12. The van der Waals surface area contributed by atoms with Crippen LogP contribution in [0.2, 0.25) is 0 Å². The molecule has 26 heavy (non-hydrogen) atoms. The lowest BCUT2D eigenvalue weighted by Crippen LogP contribution is -2.56. The first-order valence-electron chi connectivity index (χ1n) is 9.03. The number of piperidine rings is 1. The zero-order valence-electron chi connectivity index (χ0n) is 15.1. The molecular formula is C21H23NO3S. The van der Waals surface area contributed by atoms with E-state index in [4.69, 9.17) is 0 Å². The van der Waals surface area contributed by atoms with Crippen LogP contribution < -0.4 is 0 Å². The molecule has 1 amide bonds. The number of sulfone groups is 1. The van der Waals surface area contributed by atoms with Crippen LogP contribution in [0.15, 0.2) is 58.3 Å². The molecule has 0 saturated carbocycles. The average Bonchev–Trinajstić information content (AvgIpc) is 2.65. The van der Waals surface area contributed by atoms with Gasteiger partial charge in [0.2, 0.25) is 15.7 Å². The van der Waals surface area contributed by atoms with Crippen LogP contribution in [-0.4, -0.2) is 32.3 Å². The number of carbonyl (C=O) groups is 1. The molecule has 1 aliphatic heterocycles. The van der Waals surface area contributed by atoms with Crippen molar-refractivity contribution in [2.75, 3.05) is 7.05 Å². The third kappa shape index (κ3) is 2.49. The normalized spacial score (nSPS) is 25.5. The fourth-order valence-corrected chi connectivity index (χ4v) is 6.00. The summed E-state index contributed by atoms with van der Waals surface area (Å²) in [6, 6.07) is 14.3. The molecular weight excluding hydrogens is 346 g/mol. The van der Waals surface area contributed by atoms with Gasteiger partial charge in [0.1, 0.15) is 0 Å². The van der Waals surface area contributed by atoms with Gasteiger partial charge in [0.25, 0.3) is 0 Å². The van der Waals surface area contributed by atoms with E-state index in [0.29, 0.717) is 16.2 Å². The maximum atomic E-state index is 12.9. The molecule has 5 heteroatoms. The van der Waals surface area contributed by atoms with Gasteiger partial charge in [-0.15, -0.1) is 0 Å². The van der Waals surface area contributed by atoms with E-state index in [1.165, 1.54) is 5.56 Å². The van der Waals surface area contributed by atoms with E-state index in [1.54, 1.807) is 30.3 Å². The lowest BCUT2D eigenvalue weighted by molar-refractivity contribution is -0.138. The maximum absolute atomic E-state index is 12.9. The highest BCUT2D eigenvalue weighted by atomic mass is 32.2. The monoisotopic (exact) mass is 369 g/mol. The van der Waals surface area contributed by atoms with E-state index in [0.717, 1.165) is 24.8 Å². The minimum Gasteiger partial charge on any atom is -0.342 e. The Balaban J connectivity index is 1.77. The molecule has 2 atom stereocenters. The number of rotatable bonds is 2. The summed E-state index contributed by atoms with van der Waals surface area (Å²) in [7, 11) is -1.61. The number of hydrogen-bond donors (Lipinski definition) is 0. The van der Waals surface area contributed by atoms with E-state index < -0.39 is 9.84 Å². The van der Waals surface area contributed by atoms with Crippen LogP contribution in [0.25, 0.3) is 0 Å². The second-order valence-corrected chi connectivity index (χ2v) is 9.56. The molecule has 4 nitrogen and oxygen atoms in total. The summed E-state index contributed by atoms with van der Waals surface area (Å²) in [6.45, 7) is 2.21. The standard InChI is InChI=1S/C21H23NO3S/c1-21-13-12-20(23)22(2)19(21)11-8-15-14-17(9-10-18(15)21)26(24,25)16-6-4-3-5-7-16/h3-7,9-10,14,19H,8,11-13H2,1-2H3/t19-,21-/m1/s1. The largest absolute Gasteiger partial charge is 0.342 e. The Labute approximate surface area is 154 Å². The highest BCUT2D eigenvalue weighted by Crippen LogP contribution is 2.46. The maximum Gasteiger partial charge on any atom is 0.222 e. The quantitative estimate of drug-likeness (QED) is 0.816. The van der Waals surface area contributed by atoms with Crippen LogP contribution in [-0.2, 0) is 26.5 Å². The van der Waals surface area contributed by atoms with E-state index in [-0.39, 0.29) is 17.4 Å². The Kier molecular flexibility index (Phi) is 3.95. The highest BCUT2D eigenvalue weighted by molar-refractivity contribution is 7.91. The van der Waals surface area contributed by atoms with Gasteiger partial charge in [-0.1, -0.05) is 31.2 Å². The molecule has 136 valence electrons. The van der Waals surface area contributed by atoms with Gasteiger partial charge >= 0.3 is 0 Å². The van der Waals surface area contributed by atoms with Crippen LogP contribution in [0.1, 0.15) is 37.3 Å². The first kappa shape index (κ1) is 17.3. The molecule has 0 aromatic heterocycles. The molecule has 1 aliphatic carbocycles. The Bertz CT molecular complexity index is 968. The van der Waals surface area contributed by atoms with Crippen molar-refractivity contribution in [1.29, 1.82) is 0 Å². The van der Waals surface area contributed by atoms with Crippen molar-refractivity contribution in [1.82, 2.24) is 4.90 Å². The summed E-state index contributed by atoms with van der Waals surface area (Å²) in [6.07, 6.45) is 3.04. The van der Waals surface area contributed by atoms with Gasteiger partial charge in [-0.3, -0.25) is 4.79 Å². The van der Waals surface area contributed by atoms with Crippen LogP contribution in [0.4, 0.5) is 0 Å². The zero-order valence-corrected chi connectivity index (χ0v) is 15.9. The first-order chi connectivity index (χ1) is 12.3. The first-order valence-corrected chi connectivity index (χ1v) is 10.5. The fraction of sp³-hybridized carbons (Fsp3) is 0.381. The number of carbonyl (C=O) groups excluding carboxylic acids is 1. The van der Waals surface area contributed by atoms with E-state index in [2.05, 4.69) is 6.92 Å². The summed E-state index contributed by atoms with van der Waals surface area (Å²) >= 11 is 0. The minimum atomic E-state index is -3.51. The molecule has 1 saturated heterocycles. The van der Waals surface area contributed by atoms with Crippen molar-refractivity contribution in [3.63, 3.8) is 0 Å². The molecule has 0 bridgehead atoms. The summed E-state index contributed by atoms with van der Waals surface area (Å²) in [4.78, 5) is 14.7. The predicted molar refractivity (Wildman–Crippen MR) is 99.8 cm³/mol. The molecule has 0 radical (unpaired) electrons. The Hall–Kier alpha value is -2.14. The van der Waals surface area contributed by atoms with Gasteiger partial charge in [-0.2, -0.15) is 0 Å². The van der Waals surface area contributed by atoms with Crippen molar-refractivity contribution >= 4 is 15.7 Å². The predicted octanol–water partition coefficient (Wildman–Crippen LogP) is 3.34. The van der Waals surface area contributed by atoms with Crippen molar-refractivity contribution in [3.05, 3.63) is 59.7 Å². The molecule has 4 rings (SSSR count). The Morgan fingerprint density at radius 2 is 1.77 bits per heavy atom. The lowest BCUT2D eigenvalue weighted by Gasteiger charge is -2.50. The average molecular weight is 369 g/mol. The van der Waals surface area contributed by atoms with Crippen molar-refractivity contribution in [3.8, 4) is 0 Å². The van der Waals surface area contributed by atoms with Crippen LogP contribution in [0.5, 0.6) is 0 Å². The molecule has 0 N–H and O–H groups in total. The van der Waals surface area contributed by atoms with Gasteiger partial charge in [0.05, 0.1) is 9.79 Å². The van der Waals surface area contributed by atoms with Gasteiger partial charge in [0, 0.05) is 24.9 Å². The molecule has 1 heterocycles. The number of aryl methyl sites for hydroxylation is 1.